The van der Waals surface area contributed by atoms with Gasteiger partial charge in [-0.2, -0.15) is 5.10 Å². The molecule has 0 saturated heterocycles. The molecule has 3 heteroatoms. The topological polar surface area (TPSA) is 17.8 Å². The van der Waals surface area contributed by atoms with Crippen LogP contribution in [0.3, 0.4) is 0 Å². The van der Waals surface area contributed by atoms with Gasteiger partial charge in [0.25, 0.3) is 0 Å². The monoisotopic (exact) mass is 200 g/mol. The van der Waals surface area contributed by atoms with Crippen molar-refractivity contribution in [3.8, 4) is 0 Å². The second-order valence-corrected chi connectivity index (χ2v) is 2.65. The molecular formula is C7H9BrN2. The number of aryl methyl sites for hydroxylation is 1. The van der Waals surface area contributed by atoms with Gasteiger partial charge in [-0.15, -0.1) is 0 Å². The fourth-order valence-electron chi connectivity index (χ4n) is 0.707. The van der Waals surface area contributed by atoms with Crippen LogP contribution >= 0.6 is 15.9 Å². The molecule has 1 aromatic rings. The maximum atomic E-state index is 4.02. The first-order valence-electron chi connectivity index (χ1n) is 3.04. The fourth-order valence-corrected chi connectivity index (χ4v) is 0.894. The van der Waals surface area contributed by atoms with Gasteiger partial charge in [-0.3, -0.25) is 4.68 Å². The summed E-state index contributed by atoms with van der Waals surface area (Å²) < 4.78 is 1.79. The van der Waals surface area contributed by atoms with Gasteiger partial charge in [-0.25, -0.2) is 0 Å². The molecule has 10 heavy (non-hydrogen) atoms. The summed E-state index contributed by atoms with van der Waals surface area (Å²) >= 11 is 3.30. The molecular weight excluding hydrogens is 192 g/mol. The lowest BCUT2D eigenvalue weighted by Gasteiger charge is -1.81. The third-order valence-corrected chi connectivity index (χ3v) is 1.50. The molecule has 0 saturated carbocycles. The quantitative estimate of drug-likeness (QED) is 0.667. The van der Waals surface area contributed by atoms with Crippen molar-refractivity contribution < 1.29 is 0 Å². The van der Waals surface area contributed by atoms with Crippen LogP contribution in [0, 0.1) is 0 Å². The molecule has 0 amide bonds. The van der Waals surface area contributed by atoms with E-state index >= 15 is 0 Å². The van der Waals surface area contributed by atoms with Gasteiger partial charge in [-0.05, 0) is 0 Å². The number of aromatic nitrogens is 2. The van der Waals surface area contributed by atoms with Crippen LogP contribution in [-0.4, -0.2) is 15.1 Å². The van der Waals surface area contributed by atoms with Crippen LogP contribution in [0.4, 0.5) is 0 Å². The van der Waals surface area contributed by atoms with Crippen molar-refractivity contribution >= 4 is 22.0 Å². The molecule has 0 bridgehead atoms. The number of hydrogen-bond donors (Lipinski definition) is 0. The summed E-state index contributed by atoms with van der Waals surface area (Å²) in [5.41, 5.74) is 1.14. The first kappa shape index (κ1) is 7.54. The normalized spacial score (nSPS) is 11.0. The zero-order chi connectivity index (χ0) is 7.40. The van der Waals surface area contributed by atoms with Crippen LogP contribution in [0.5, 0.6) is 0 Å². The zero-order valence-electron chi connectivity index (χ0n) is 5.79. The van der Waals surface area contributed by atoms with Crippen molar-refractivity contribution in [3.63, 3.8) is 0 Å². The summed E-state index contributed by atoms with van der Waals surface area (Å²) in [7, 11) is 1.91. The predicted octanol–water partition coefficient (Wildman–Crippen LogP) is 1.83. The van der Waals surface area contributed by atoms with Crippen LogP contribution in [0.15, 0.2) is 18.5 Å². The lowest BCUT2D eigenvalue weighted by molar-refractivity contribution is 0.767. The third-order valence-electron chi connectivity index (χ3n) is 1.12. The van der Waals surface area contributed by atoms with Gasteiger partial charge in [0.1, 0.15) is 0 Å². The Hall–Kier alpha value is -0.570. The maximum absolute atomic E-state index is 4.02. The minimum atomic E-state index is 0.891. The Morgan fingerprint density at radius 3 is 3.10 bits per heavy atom. The lowest BCUT2D eigenvalue weighted by Crippen LogP contribution is -1.83. The number of rotatable bonds is 2. The molecule has 0 radical (unpaired) electrons. The lowest BCUT2D eigenvalue weighted by atomic mass is 10.3. The van der Waals surface area contributed by atoms with Crippen molar-refractivity contribution in [2.75, 3.05) is 5.33 Å². The molecule has 0 atom stereocenters. The molecule has 1 rings (SSSR count). The molecule has 1 heterocycles. The highest BCUT2D eigenvalue weighted by molar-refractivity contribution is 9.09. The highest BCUT2D eigenvalue weighted by atomic mass is 79.9. The minimum absolute atomic E-state index is 0.891. The van der Waals surface area contributed by atoms with E-state index < -0.39 is 0 Å². The van der Waals surface area contributed by atoms with Gasteiger partial charge in [0.15, 0.2) is 0 Å². The van der Waals surface area contributed by atoms with Gasteiger partial charge < -0.3 is 0 Å². The van der Waals surface area contributed by atoms with E-state index in [1.165, 1.54) is 0 Å². The molecule has 0 aliphatic heterocycles. The van der Waals surface area contributed by atoms with Gasteiger partial charge in [0.2, 0.25) is 0 Å². The van der Waals surface area contributed by atoms with E-state index in [2.05, 4.69) is 21.0 Å². The summed E-state index contributed by atoms with van der Waals surface area (Å²) in [6.45, 7) is 0. The molecule has 0 spiro atoms. The van der Waals surface area contributed by atoms with Crippen molar-refractivity contribution in [1.29, 1.82) is 0 Å². The highest BCUT2D eigenvalue weighted by Crippen LogP contribution is 1.99. The Balaban J connectivity index is 2.67. The van der Waals surface area contributed by atoms with Crippen LogP contribution in [0.1, 0.15) is 5.56 Å². The molecule has 0 unspecified atom stereocenters. The molecule has 2 nitrogen and oxygen atoms in total. The van der Waals surface area contributed by atoms with Crippen LogP contribution < -0.4 is 0 Å². The van der Waals surface area contributed by atoms with Crippen molar-refractivity contribution in [2.24, 2.45) is 7.05 Å². The summed E-state index contributed by atoms with van der Waals surface area (Å²) in [5.74, 6) is 0. The van der Waals surface area contributed by atoms with E-state index in [4.69, 9.17) is 0 Å². The Morgan fingerprint density at radius 2 is 2.60 bits per heavy atom. The number of alkyl halides is 1. The van der Waals surface area contributed by atoms with Crippen molar-refractivity contribution in [1.82, 2.24) is 9.78 Å². The fraction of sp³-hybridized carbons (Fsp3) is 0.286. The largest absolute Gasteiger partial charge is 0.275 e. The van der Waals surface area contributed by atoms with E-state index in [-0.39, 0.29) is 0 Å². The molecule has 0 N–H and O–H groups in total. The molecule has 0 aromatic carbocycles. The van der Waals surface area contributed by atoms with Crippen molar-refractivity contribution in [3.05, 3.63) is 24.0 Å². The smallest absolute Gasteiger partial charge is 0.0562 e. The summed E-state index contributed by atoms with van der Waals surface area (Å²) in [6.07, 6.45) is 7.87. The van der Waals surface area contributed by atoms with E-state index in [9.17, 15) is 0 Å². The van der Waals surface area contributed by atoms with Gasteiger partial charge >= 0.3 is 0 Å². The van der Waals surface area contributed by atoms with E-state index in [1.807, 2.05) is 31.6 Å². The minimum Gasteiger partial charge on any atom is -0.275 e. The van der Waals surface area contributed by atoms with E-state index in [0.717, 1.165) is 10.9 Å². The second-order valence-electron chi connectivity index (χ2n) is 2.00. The maximum Gasteiger partial charge on any atom is 0.0562 e. The van der Waals surface area contributed by atoms with Crippen LogP contribution in [0.2, 0.25) is 0 Å². The molecule has 0 fully saturated rings. The molecule has 1 aromatic heterocycles. The van der Waals surface area contributed by atoms with Crippen LogP contribution in [-0.2, 0) is 7.05 Å². The van der Waals surface area contributed by atoms with Crippen molar-refractivity contribution in [2.45, 2.75) is 0 Å². The predicted molar refractivity (Wildman–Crippen MR) is 46.0 cm³/mol. The Morgan fingerprint density at radius 1 is 1.80 bits per heavy atom. The SMILES string of the molecule is Cn1cc(C=CCBr)cn1. The number of nitrogens with zero attached hydrogens (tertiary/aromatic N) is 2. The zero-order valence-corrected chi connectivity index (χ0v) is 7.37. The van der Waals surface area contributed by atoms with Gasteiger partial charge in [-0.1, -0.05) is 28.1 Å². The number of allylic oxidation sites excluding steroid dienone is 1. The Labute approximate surface area is 68.7 Å². The van der Waals surface area contributed by atoms with Gasteiger partial charge in [0.05, 0.1) is 6.20 Å². The molecule has 0 aliphatic carbocycles. The summed E-state index contributed by atoms with van der Waals surface area (Å²) in [4.78, 5) is 0. The summed E-state index contributed by atoms with van der Waals surface area (Å²) in [5, 5.41) is 4.91. The molecule has 0 aliphatic rings. The number of hydrogen-bond acceptors (Lipinski definition) is 1. The van der Waals surface area contributed by atoms with E-state index in [0.29, 0.717) is 0 Å². The first-order valence-corrected chi connectivity index (χ1v) is 4.16. The van der Waals surface area contributed by atoms with Gasteiger partial charge in [0, 0.05) is 24.1 Å². The second kappa shape index (κ2) is 3.56. The van der Waals surface area contributed by atoms with E-state index in [1.54, 1.807) is 4.68 Å². The Bertz CT molecular complexity index is 227. The average molecular weight is 201 g/mol. The Kier molecular flexibility index (Phi) is 2.68. The molecule has 54 valence electrons. The first-order chi connectivity index (χ1) is 4.83. The standard InChI is InChI=1S/C7H9BrN2/c1-10-6-7(5-9-10)3-2-4-8/h2-3,5-6H,4H2,1H3. The highest BCUT2D eigenvalue weighted by Gasteiger charge is 1.86. The summed E-state index contributed by atoms with van der Waals surface area (Å²) in [6, 6.07) is 0. The van der Waals surface area contributed by atoms with Crippen LogP contribution in [0.25, 0.3) is 6.08 Å². The number of halogens is 1. The third kappa shape index (κ3) is 1.99. The average Bonchev–Trinajstić information content (AvgIpc) is 2.31.